The first kappa shape index (κ1) is 10.4. The monoisotopic (exact) mass is 199 g/mol. The van der Waals surface area contributed by atoms with Gasteiger partial charge >= 0.3 is 0 Å². The van der Waals surface area contributed by atoms with E-state index in [0.29, 0.717) is 6.04 Å². The SMILES string of the molecule is CNC(C)C1CCOC2(CCOC2)C1. The van der Waals surface area contributed by atoms with Crippen molar-refractivity contribution in [3.05, 3.63) is 0 Å². The van der Waals surface area contributed by atoms with E-state index in [1.165, 1.54) is 6.42 Å². The predicted octanol–water partition coefficient (Wildman–Crippen LogP) is 1.18. The molecule has 1 spiro atoms. The first-order valence-corrected chi connectivity index (χ1v) is 5.65. The van der Waals surface area contributed by atoms with Gasteiger partial charge in [0, 0.05) is 25.7 Å². The van der Waals surface area contributed by atoms with Gasteiger partial charge < -0.3 is 14.8 Å². The Balaban J connectivity index is 1.96. The van der Waals surface area contributed by atoms with Gasteiger partial charge in [-0.25, -0.2) is 0 Å². The van der Waals surface area contributed by atoms with Crippen molar-refractivity contribution in [2.24, 2.45) is 5.92 Å². The topological polar surface area (TPSA) is 30.5 Å². The van der Waals surface area contributed by atoms with Gasteiger partial charge in [0.15, 0.2) is 0 Å². The van der Waals surface area contributed by atoms with Gasteiger partial charge in [-0.15, -0.1) is 0 Å². The summed E-state index contributed by atoms with van der Waals surface area (Å²) in [6, 6.07) is 0.594. The Labute approximate surface area is 86.2 Å². The van der Waals surface area contributed by atoms with Crippen molar-refractivity contribution in [1.82, 2.24) is 5.32 Å². The van der Waals surface area contributed by atoms with Crippen molar-refractivity contribution < 1.29 is 9.47 Å². The fourth-order valence-corrected chi connectivity index (χ4v) is 2.59. The Morgan fingerprint density at radius 1 is 1.43 bits per heavy atom. The summed E-state index contributed by atoms with van der Waals surface area (Å²) in [5, 5.41) is 3.34. The van der Waals surface area contributed by atoms with Crippen molar-refractivity contribution in [3.63, 3.8) is 0 Å². The molecule has 2 saturated heterocycles. The second-order valence-electron chi connectivity index (χ2n) is 4.66. The molecule has 3 atom stereocenters. The van der Waals surface area contributed by atoms with Crippen LogP contribution in [0.15, 0.2) is 0 Å². The molecule has 0 aromatic carbocycles. The minimum Gasteiger partial charge on any atom is -0.378 e. The molecule has 14 heavy (non-hydrogen) atoms. The number of rotatable bonds is 2. The lowest BCUT2D eigenvalue weighted by molar-refractivity contribution is -0.102. The molecule has 0 saturated carbocycles. The standard InChI is InChI=1S/C11H21NO2/c1-9(12-2)10-3-5-14-11(7-10)4-6-13-8-11/h9-10,12H,3-8H2,1-2H3. The molecular weight excluding hydrogens is 178 g/mol. The third-order valence-electron chi connectivity index (χ3n) is 3.76. The van der Waals surface area contributed by atoms with Crippen LogP contribution in [0, 0.1) is 5.92 Å². The van der Waals surface area contributed by atoms with Crippen LogP contribution < -0.4 is 5.32 Å². The highest BCUT2D eigenvalue weighted by Crippen LogP contribution is 2.36. The van der Waals surface area contributed by atoms with E-state index >= 15 is 0 Å². The Morgan fingerprint density at radius 2 is 2.29 bits per heavy atom. The number of hydrogen-bond acceptors (Lipinski definition) is 3. The molecule has 1 N–H and O–H groups in total. The van der Waals surface area contributed by atoms with E-state index in [-0.39, 0.29) is 5.60 Å². The molecule has 82 valence electrons. The van der Waals surface area contributed by atoms with E-state index in [0.717, 1.165) is 38.6 Å². The quantitative estimate of drug-likeness (QED) is 0.724. The Bertz CT molecular complexity index is 190. The van der Waals surface area contributed by atoms with Crippen molar-refractivity contribution in [2.45, 2.75) is 37.8 Å². The molecule has 2 heterocycles. The molecule has 0 radical (unpaired) electrons. The van der Waals surface area contributed by atoms with E-state index in [1.54, 1.807) is 0 Å². The van der Waals surface area contributed by atoms with Gasteiger partial charge in [0.05, 0.1) is 12.2 Å². The zero-order valence-corrected chi connectivity index (χ0v) is 9.21. The average molecular weight is 199 g/mol. The summed E-state index contributed by atoms with van der Waals surface area (Å²) < 4.78 is 11.4. The maximum Gasteiger partial charge on any atom is 0.0939 e. The van der Waals surface area contributed by atoms with Crippen molar-refractivity contribution in [2.75, 3.05) is 26.9 Å². The van der Waals surface area contributed by atoms with Crippen LogP contribution >= 0.6 is 0 Å². The molecule has 0 bridgehead atoms. The number of ether oxygens (including phenoxy) is 2. The highest BCUT2D eigenvalue weighted by molar-refractivity contribution is 4.92. The number of nitrogens with one attached hydrogen (secondary N) is 1. The molecule has 3 nitrogen and oxygen atoms in total. The molecule has 0 amide bonds. The van der Waals surface area contributed by atoms with E-state index in [1.807, 2.05) is 7.05 Å². The van der Waals surface area contributed by atoms with Crippen molar-refractivity contribution in [3.8, 4) is 0 Å². The van der Waals surface area contributed by atoms with Crippen molar-refractivity contribution in [1.29, 1.82) is 0 Å². The third-order valence-corrected chi connectivity index (χ3v) is 3.76. The van der Waals surface area contributed by atoms with Crippen LogP contribution in [0.4, 0.5) is 0 Å². The molecule has 0 aromatic heterocycles. The first-order chi connectivity index (χ1) is 6.76. The molecule has 2 fully saturated rings. The predicted molar refractivity (Wildman–Crippen MR) is 55.4 cm³/mol. The van der Waals surface area contributed by atoms with Gasteiger partial charge in [-0.3, -0.25) is 0 Å². The summed E-state index contributed by atoms with van der Waals surface area (Å²) in [6.45, 7) is 4.85. The summed E-state index contributed by atoms with van der Waals surface area (Å²) in [5.74, 6) is 0.746. The molecule has 0 aliphatic carbocycles. The maximum absolute atomic E-state index is 5.90. The minimum atomic E-state index is 0.0635. The summed E-state index contributed by atoms with van der Waals surface area (Å²) >= 11 is 0. The Hall–Kier alpha value is -0.120. The Morgan fingerprint density at radius 3 is 2.93 bits per heavy atom. The summed E-state index contributed by atoms with van der Waals surface area (Å²) in [7, 11) is 2.04. The normalized spacial score (nSPS) is 40.3. The second-order valence-corrected chi connectivity index (χ2v) is 4.66. The maximum atomic E-state index is 5.90. The highest BCUT2D eigenvalue weighted by Gasteiger charge is 2.41. The van der Waals surface area contributed by atoms with Crippen LogP contribution in [-0.4, -0.2) is 38.5 Å². The van der Waals surface area contributed by atoms with Gasteiger partial charge in [0.1, 0.15) is 0 Å². The molecule has 3 unspecified atom stereocenters. The fraction of sp³-hybridized carbons (Fsp3) is 1.00. The first-order valence-electron chi connectivity index (χ1n) is 5.65. The highest BCUT2D eigenvalue weighted by atomic mass is 16.6. The van der Waals surface area contributed by atoms with Crippen LogP contribution in [0.3, 0.4) is 0 Å². The zero-order chi connectivity index (χ0) is 10.0. The largest absolute Gasteiger partial charge is 0.378 e. The molecule has 0 aromatic rings. The van der Waals surface area contributed by atoms with Crippen LogP contribution in [0.2, 0.25) is 0 Å². The van der Waals surface area contributed by atoms with E-state index in [9.17, 15) is 0 Å². The van der Waals surface area contributed by atoms with Crippen LogP contribution in [0.1, 0.15) is 26.2 Å². The molecule has 2 aliphatic heterocycles. The van der Waals surface area contributed by atoms with E-state index in [2.05, 4.69) is 12.2 Å². The lowest BCUT2D eigenvalue weighted by atomic mass is 9.82. The number of hydrogen-bond donors (Lipinski definition) is 1. The van der Waals surface area contributed by atoms with Crippen LogP contribution in [-0.2, 0) is 9.47 Å². The zero-order valence-electron chi connectivity index (χ0n) is 9.21. The van der Waals surface area contributed by atoms with Crippen LogP contribution in [0.25, 0.3) is 0 Å². The van der Waals surface area contributed by atoms with Gasteiger partial charge in [0.25, 0.3) is 0 Å². The van der Waals surface area contributed by atoms with Crippen molar-refractivity contribution >= 4 is 0 Å². The molecule has 3 heteroatoms. The second kappa shape index (κ2) is 4.17. The lowest BCUT2D eigenvalue weighted by Gasteiger charge is -2.39. The average Bonchev–Trinajstić information content (AvgIpc) is 2.65. The van der Waals surface area contributed by atoms with Gasteiger partial charge in [-0.2, -0.15) is 0 Å². The molecule has 2 rings (SSSR count). The third kappa shape index (κ3) is 1.95. The summed E-state index contributed by atoms with van der Waals surface area (Å²) in [5.41, 5.74) is 0.0635. The van der Waals surface area contributed by atoms with E-state index in [4.69, 9.17) is 9.47 Å². The van der Waals surface area contributed by atoms with Gasteiger partial charge in [-0.05, 0) is 32.7 Å². The van der Waals surface area contributed by atoms with Gasteiger partial charge in [0.2, 0.25) is 0 Å². The summed E-state index contributed by atoms with van der Waals surface area (Å²) in [4.78, 5) is 0. The minimum absolute atomic E-state index is 0.0635. The smallest absolute Gasteiger partial charge is 0.0939 e. The lowest BCUT2D eigenvalue weighted by Crippen LogP contribution is -2.45. The summed E-state index contributed by atoms with van der Waals surface area (Å²) in [6.07, 6.45) is 3.43. The fourth-order valence-electron chi connectivity index (χ4n) is 2.59. The Kier molecular flexibility index (Phi) is 3.10. The van der Waals surface area contributed by atoms with E-state index < -0.39 is 0 Å². The van der Waals surface area contributed by atoms with Gasteiger partial charge in [-0.1, -0.05) is 0 Å². The molecule has 2 aliphatic rings. The molecular formula is C11H21NO2. The van der Waals surface area contributed by atoms with Crippen LogP contribution in [0.5, 0.6) is 0 Å².